The van der Waals surface area contributed by atoms with Gasteiger partial charge in [0.15, 0.2) is 0 Å². The van der Waals surface area contributed by atoms with Crippen LogP contribution in [0.25, 0.3) is 10.8 Å². The van der Waals surface area contributed by atoms with Gasteiger partial charge < -0.3 is 14.4 Å². The van der Waals surface area contributed by atoms with E-state index in [9.17, 15) is 31.0 Å². The van der Waals surface area contributed by atoms with Crippen molar-refractivity contribution in [3.63, 3.8) is 0 Å². The molecule has 0 bridgehead atoms. The summed E-state index contributed by atoms with van der Waals surface area (Å²) in [4.78, 5) is -1.70. The van der Waals surface area contributed by atoms with E-state index in [-0.39, 0.29) is 80.6 Å². The third kappa shape index (κ3) is 6.42. The maximum atomic E-state index is 12.6. The molecule has 0 atom stereocenters. The number of halogens is 1. The number of hydrogen-bond donors (Lipinski definition) is 1. The fraction of sp³-hybridized carbons (Fsp3) is 0.0588. The van der Waals surface area contributed by atoms with Crippen LogP contribution in [0, 0.1) is 0 Å². The number of hydrogen-bond acceptors (Lipinski definition) is 9. The standard InChI is InChI=1S/C17H13ClN2O8S2.2Na/c1-28-14-5-2-10(8-13(14)18)19-20-16-12-4-3-11(29(22,23)24)6-9(12)7-15(17(16)21)30(25,26)27;;/h2-8,21H,1H3,(H,22,23,24)(H,25,26,27);;/q;2*+1/p-2. The van der Waals surface area contributed by atoms with Crippen LogP contribution in [0.4, 0.5) is 11.4 Å². The van der Waals surface area contributed by atoms with Crippen LogP contribution in [0.15, 0.2) is 62.5 Å². The number of fused-ring (bicyclic) bond motifs is 1. The van der Waals surface area contributed by atoms with Crippen molar-refractivity contribution in [1.29, 1.82) is 0 Å². The van der Waals surface area contributed by atoms with E-state index in [1.807, 2.05) is 0 Å². The van der Waals surface area contributed by atoms with Gasteiger partial charge >= 0.3 is 59.1 Å². The van der Waals surface area contributed by atoms with Crippen LogP contribution in [0.3, 0.4) is 0 Å². The van der Waals surface area contributed by atoms with Gasteiger partial charge in [0.1, 0.15) is 15.9 Å². The predicted octanol–water partition coefficient (Wildman–Crippen LogP) is -2.85. The maximum absolute atomic E-state index is 12.6. The topological polar surface area (TPSA) is 169 Å². The van der Waals surface area contributed by atoms with Gasteiger partial charge in [-0.25, -0.2) is 8.42 Å². The average molecular weight is 517 g/mol. The first-order valence-corrected chi connectivity index (χ1v) is 11.1. The fourth-order valence-corrected chi connectivity index (χ4v) is 3.96. The van der Waals surface area contributed by atoms with E-state index in [0.29, 0.717) is 5.75 Å². The van der Waals surface area contributed by atoms with Gasteiger partial charge in [0.25, 0.3) is 10.1 Å². The van der Waals surface area contributed by atoms with Crippen LogP contribution in [-0.4, -0.2) is 33.1 Å². The number of rotatable bonds is 5. The first-order valence-electron chi connectivity index (χ1n) is 7.88. The number of methoxy groups -OCH3 is 1. The van der Waals surface area contributed by atoms with Gasteiger partial charge in [-0.1, -0.05) is 23.4 Å². The molecule has 0 unspecified atom stereocenters. The SMILES string of the molecule is COc1ccc(N=Nc2c([O-])c(S(=O)(=O)O)cc3cc(S(=O)(=O)[O-])ccc23)cc1Cl.[Na+].[Na+]. The Balaban J connectivity index is 0.00000256. The van der Waals surface area contributed by atoms with Crippen molar-refractivity contribution >= 4 is 54.0 Å². The molecule has 10 nitrogen and oxygen atoms in total. The molecular formula is C17H11ClN2Na2O8S2. The van der Waals surface area contributed by atoms with E-state index in [1.165, 1.54) is 25.3 Å². The summed E-state index contributed by atoms with van der Waals surface area (Å²) >= 11 is 6.00. The van der Waals surface area contributed by atoms with Crippen molar-refractivity contribution in [3.8, 4) is 11.5 Å². The Bertz CT molecular complexity index is 1410. The van der Waals surface area contributed by atoms with Crippen LogP contribution >= 0.6 is 11.6 Å². The van der Waals surface area contributed by atoms with Crippen molar-refractivity contribution in [2.45, 2.75) is 9.79 Å². The largest absolute Gasteiger partial charge is 1.00 e. The van der Waals surface area contributed by atoms with Gasteiger partial charge in [0.05, 0.1) is 33.3 Å². The van der Waals surface area contributed by atoms with Crippen molar-refractivity contribution in [1.82, 2.24) is 0 Å². The van der Waals surface area contributed by atoms with Crippen LogP contribution < -0.4 is 69.0 Å². The van der Waals surface area contributed by atoms with Crippen molar-refractivity contribution < 1.29 is 94.9 Å². The smallest absolute Gasteiger partial charge is 0.870 e. The number of ether oxygens (including phenoxy) is 1. The monoisotopic (exact) mass is 516 g/mol. The Morgan fingerprint density at radius 3 is 2.19 bits per heavy atom. The summed E-state index contributed by atoms with van der Waals surface area (Å²) in [6.07, 6.45) is 0. The van der Waals surface area contributed by atoms with E-state index in [0.717, 1.165) is 24.3 Å². The molecule has 0 saturated carbocycles. The molecule has 1 N–H and O–H groups in total. The summed E-state index contributed by atoms with van der Waals surface area (Å²) in [6.45, 7) is 0. The van der Waals surface area contributed by atoms with Gasteiger partial charge in [-0.2, -0.15) is 18.6 Å². The summed E-state index contributed by atoms with van der Waals surface area (Å²) in [6, 6.07) is 8.03. The molecule has 0 aliphatic heterocycles. The molecule has 3 aromatic carbocycles. The fourth-order valence-electron chi connectivity index (χ4n) is 2.59. The third-order valence-corrected chi connectivity index (χ3v) is 5.96. The summed E-state index contributed by atoms with van der Waals surface area (Å²) < 4.78 is 71.3. The molecule has 3 rings (SSSR count). The number of nitrogens with zero attached hydrogens (tertiary/aromatic N) is 2. The minimum absolute atomic E-state index is 0. The second kappa shape index (κ2) is 11.1. The Morgan fingerprint density at radius 1 is 1.00 bits per heavy atom. The van der Waals surface area contributed by atoms with Crippen molar-refractivity contribution in [2.24, 2.45) is 10.2 Å². The molecular weight excluding hydrogens is 506 g/mol. The summed E-state index contributed by atoms with van der Waals surface area (Å²) in [7, 11) is -8.41. The summed E-state index contributed by atoms with van der Waals surface area (Å²) in [5, 5.41) is 20.3. The third-order valence-electron chi connectivity index (χ3n) is 3.97. The van der Waals surface area contributed by atoms with E-state index in [2.05, 4.69) is 10.2 Å². The molecule has 0 saturated heterocycles. The van der Waals surface area contributed by atoms with E-state index in [4.69, 9.17) is 16.3 Å². The quantitative estimate of drug-likeness (QED) is 0.215. The first kappa shape index (κ1) is 29.3. The Hall–Kier alpha value is -0.770. The zero-order valence-electron chi connectivity index (χ0n) is 16.9. The minimum atomic E-state index is -4.97. The zero-order chi connectivity index (χ0) is 22.3. The van der Waals surface area contributed by atoms with Gasteiger partial charge in [-0.15, -0.1) is 0 Å². The summed E-state index contributed by atoms with van der Waals surface area (Å²) in [5.74, 6) is -0.795. The molecule has 0 spiro atoms. The molecule has 32 heavy (non-hydrogen) atoms. The van der Waals surface area contributed by atoms with Crippen LogP contribution in [0.1, 0.15) is 0 Å². The zero-order valence-corrected chi connectivity index (χ0v) is 23.3. The van der Waals surface area contributed by atoms with Crippen molar-refractivity contribution in [3.05, 3.63) is 47.5 Å². The van der Waals surface area contributed by atoms with Gasteiger partial charge in [-0.05, 0) is 41.8 Å². The second-order valence-electron chi connectivity index (χ2n) is 5.88. The molecule has 15 heteroatoms. The molecule has 0 aromatic heterocycles. The van der Waals surface area contributed by atoms with Gasteiger partial charge in [0, 0.05) is 5.39 Å². The molecule has 0 radical (unpaired) electrons. The Morgan fingerprint density at radius 2 is 1.66 bits per heavy atom. The van der Waals surface area contributed by atoms with E-state index < -0.39 is 41.5 Å². The summed E-state index contributed by atoms with van der Waals surface area (Å²) in [5.41, 5.74) is -0.286. The molecule has 3 aromatic rings. The Kier molecular flexibility index (Phi) is 10.2. The number of benzene rings is 3. The Labute approximate surface area is 232 Å². The molecule has 0 heterocycles. The maximum Gasteiger partial charge on any atom is 1.00 e. The molecule has 0 aliphatic rings. The number of azo groups is 1. The molecule has 158 valence electrons. The van der Waals surface area contributed by atoms with E-state index in [1.54, 1.807) is 0 Å². The van der Waals surface area contributed by atoms with E-state index >= 15 is 0 Å². The van der Waals surface area contributed by atoms with Crippen LogP contribution in [0.5, 0.6) is 11.5 Å². The molecule has 0 aliphatic carbocycles. The van der Waals surface area contributed by atoms with Crippen LogP contribution in [-0.2, 0) is 20.2 Å². The predicted molar refractivity (Wildman–Crippen MR) is 103 cm³/mol. The normalized spacial score (nSPS) is 11.8. The first-order chi connectivity index (χ1) is 13.9. The van der Waals surface area contributed by atoms with Crippen molar-refractivity contribution in [2.75, 3.05) is 7.11 Å². The van der Waals surface area contributed by atoms with Gasteiger partial charge in [-0.3, -0.25) is 4.55 Å². The van der Waals surface area contributed by atoms with Gasteiger partial charge in [0.2, 0.25) is 0 Å². The molecule has 0 fully saturated rings. The minimum Gasteiger partial charge on any atom is -0.870 e. The molecule has 0 amide bonds. The van der Waals surface area contributed by atoms with Crippen LogP contribution in [0.2, 0.25) is 5.02 Å². The second-order valence-corrected chi connectivity index (χ2v) is 9.06. The average Bonchev–Trinajstić information content (AvgIpc) is 2.65.